The van der Waals surface area contributed by atoms with E-state index < -0.39 is 59.3 Å². The van der Waals surface area contributed by atoms with Crippen LogP contribution in [0.25, 0.3) is 0 Å². The lowest BCUT2D eigenvalue weighted by Crippen LogP contribution is -2.57. The second-order valence-electron chi connectivity index (χ2n) is 11.4. The Hall–Kier alpha value is -4.64. The van der Waals surface area contributed by atoms with Gasteiger partial charge in [-0.25, -0.2) is 9.59 Å². The highest BCUT2D eigenvalue weighted by Gasteiger charge is 2.44. The molecule has 4 atom stereocenters. The molecule has 1 aliphatic heterocycles. The van der Waals surface area contributed by atoms with Crippen LogP contribution in [-0.2, 0) is 41.7 Å². The fourth-order valence-corrected chi connectivity index (χ4v) is 6.68. The Morgan fingerprint density at radius 3 is 2.02 bits per heavy atom. The fraction of sp³-hybridized carbons (Fsp3) is 0.361. The van der Waals surface area contributed by atoms with Gasteiger partial charge in [0.15, 0.2) is 0 Å². The van der Waals surface area contributed by atoms with Gasteiger partial charge < -0.3 is 19.7 Å². The minimum Gasteiger partial charge on any atom is -0.457 e. The number of esters is 1. The normalized spacial score (nSPS) is 17.0. The van der Waals surface area contributed by atoms with E-state index in [1.54, 1.807) is 56.9 Å². The van der Waals surface area contributed by atoms with Crippen molar-refractivity contribution < 1.29 is 33.4 Å². The van der Waals surface area contributed by atoms with Crippen LogP contribution in [0.3, 0.4) is 0 Å². The Bertz CT molecular complexity index is 1520. The lowest BCUT2D eigenvalue weighted by Gasteiger charge is -2.35. The van der Waals surface area contributed by atoms with Gasteiger partial charge >= 0.3 is 12.1 Å². The van der Waals surface area contributed by atoms with Crippen LogP contribution < -0.4 is 5.32 Å². The summed E-state index contributed by atoms with van der Waals surface area (Å²) < 4.78 is 10.7. The van der Waals surface area contributed by atoms with E-state index in [1.165, 1.54) is 16.7 Å². The number of carbonyl (C=O) groups is 5. The van der Waals surface area contributed by atoms with Gasteiger partial charge in [-0.2, -0.15) is 0 Å². The van der Waals surface area contributed by atoms with E-state index in [0.29, 0.717) is 11.3 Å². The molecule has 10 nitrogen and oxygen atoms in total. The maximum Gasteiger partial charge on any atom is 0.410 e. The Balaban J connectivity index is 1.58. The highest BCUT2D eigenvalue weighted by Crippen LogP contribution is 2.41. The molecule has 1 saturated heterocycles. The number of Topliss-reactive ketones (excluding diaryl/α,β-unsaturated/α-hetero) is 1. The van der Waals surface area contributed by atoms with Gasteiger partial charge in [0.2, 0.25) is 11.8 Å². The molecule has 3 aromatic rings. The van der Waals surface area contributed by atoms with E-state index in [2.05, 4.69) is 5.32 Å². The summed E-state index contributed by atoms with van der Waals surface area (Å²) in [7, 11) is 0. The third kappa shape index (κ3) is 9.22. The summed E-state index contributed by atoms with van der Waals surface area (Å²) in [4.78, 5) is 70.2. The van der Waals surface area contributed by atoms with Crippen molar-refractivity contribution in [1.29, 1.82) is 0 Å². The van der Waals surface area contributed by atoms with Crippen LogP contribution in [0.1, 0.15) is 49.8 Å². The topological polar surface area (TPSA) is 122 Å². The zero-order chi connectivity index (χ0) is 33.9. The third-order valence-electron chi connectivity index (χ3n) is 7.71. The van der Waals surface area contributed by atoms with Crippen LogP contribution in [0.2, 0.25) is 0 Å². The molecule has 0 unspecified atom stereocenters. The number of nitrogens with zero attached hydrogens (tertiary/aromatic N) is 2. The van der Waals surface area contributed by atoms with E-state index >= 15 is 0 Å². The molecule has 4 rings (SSSR count). The SMILES string of the molecule is CCN(C(=O)OCc1ccccc1)[C@@H](C)C(=O)N1[C@@H](NC(=O)[C@@H](Cc2ccccc2)C(=O)C(=O)OC(C)C)CS[C@@H]1c1ccccc1. The molecule has 0 bridgehead atoms. The minimum atomic E-state index is -1.38. The van der Waals surface area contributed by atoms with Crippen molar-refractivity contribution in [2.24, 2.45) is 5.92 Å². The summed E-state index contributed by atoms with van der Waals surface area (Å²) in [5.74, 6) is -4.21. The summed E-state index contributed by atoms with van der Waals surface area (Å²) in [6.07, 6.45) is -2.04. The maximum atomic E-state index is 14.3. The molecule has 248 valence electrons. The molecule has 0 aromatic heterocycles. The average molecular weight is 660 g/mol. The van der Waals surface area contributed by atoms with Crippen LogP contribution in [0, 0.1) is 5.92 Å². The van der Waals surface area contributed by atoms with Crippen molar-refractivity contribution in [2.45, 2.75) is 64.4 Å². The first kappa shape index (κ1) is 35.2. The number of hydrogen-bond donors (Lipinski definition) is 1. The van der Waals surface area contributed by atoms with E-state index in [-0.39, 0.29) is 19.6 Å². The zero-order valence-corrected chi connectivity index (χ0v) is 27.9. The molecule has 47 heavy (non-hydrogen) atoms. The number of ether oxygens (including phenoxy) is 2. The molecule has 11 heteroatoms. The van der Waals surface area contributed by atoms with Crippen LogP contribution in [-0.4, -0.2) is 70.1 Å². The van der Waals surface area contributed by atoms with Gasteiger partial charge in [-0.05, 0) is 50.8 Å². The largest absolute Gasteiger partial charge is 0.457 e. The van der Waals surface area contributed by atoms with E-state index in [0.717, 1.165) is 11.1 Å². The number of thioether (sulfide) groups is 1. The van der Waals surface area contributed by atoms with Gasteiger partial charge in [-0.1, -0.05) is 91.0 Å². The lowest BCUT2D eigenvalue weighted by atomic mass is 9.94. The van der Waals surface area contributed by atoms with E-state index in [4.69, 9.17) is 9.47 Å². The summed E-state index contributed by atoms with van der Waals surface area (Å²) in [5, 5.41) is 2.41. The Morgan fingerprint density at radius 1 is 0.872 bits per heavy atom. The zero-order valence-electron chi connectivity index (χ0n) is 27.0. The Labute approximate surface area is 279 Å². The second-order valence-corrected chi connectivity index (χ2v) is 12.5. The van der Waals surface area contributed by atoms with Gasteiger partial charge in [-0.3, -0.25) is 19.3 Å². The number of benzene rings is 3. The van der Waals surface area contributed by atoms with Crippen LogP contribution in [0.4, 0.5) is 4.79 Å². The standard InChI is InChI=1S/C36H41N3O7S/c1-5-38(36(44)45-22-27-17-11-7-12-18-27)25(4)33(42)39-30(23-47-34(39)28-19-13-8-14-20-28)37-32(41)29(21-26-15-9-6-10-16-26)31(40)35(43)46-24(2)3/h6-20,24-25,29-30,34H,5,21-23H2,1-4H3,(H,37,41)/t25-,29-,30+,34+/m0/s1. The first-order valence-electron chi connectivity index (χ1n) is 15.7. The summed E-state index contributed by atoms with van der Waals surface area (Å²) in [5.41, 5.74) is 2.34. The van der Waals surface area contributed by atoms with E-state index in [1.807, 2.05) is 66.7 Å². The highest BCUT2D eigenvalue weighted by molar-refractivity contribution is 7.99. The average Bonchev–Trinajstić information content (AvgIpc) is 3.50. The first-order chi connectivity index (χ1) is 22.6. The van der Waals surface area contributed by atoms with Crippen molar-refractivity contribution in [3.05, 3.63) is 108 Å². The van der Waals surface area contributed by atoms with Crippen LogP contribution in [0.5, 0.6) is 0 Å². The molecular formula is C36H41N3O7S. The van der Waals surface area contributed by atoms with Crippen molar-refractivity contribution in [2.75, 3.05) is 12.3 Å². The number of likely N-dealkylation sites (N-methyl/N-ethyl adjacent to an activating group) is 1. The predicted octanol–water partition coefficient (Wildman–Crippen LogP) is 5.13. The van der Waals surface area contributed by atoms with Gasteiger partial charge in [0.1, 0.15) is 30.1 Å². The van der Waals surface area contributed by atoms with Gasteiger partial charge in [0, 0.05) is 12.3 Å². The van der Waals surface area contributed by atoms with Crippen molar-refractivity contribution in [3.63, 3.8) is 0 Å². The van der Waals surface area contributed by atoms with Gasteiger partial charge in [0.25, 0.3) is 5.78 Å². The van der Waals surface area contributed by atoms with Crippen LogP contribution >= 0.6 is 11.8 Å². The lowest BCUT2D eigenvalue weighted by molar-refractivity contribution is -0.160. The smallest absolute Gasteiger partial charge is 0.410 e. The molecule has 3 aromatic carbocycles. The fourth-order valence-electron chi connectivity index (χ4n) is 5.31. The molecular weight excluding hydrogens is 618 g/mol. The van der Waals surface area contributed by atoms with Crippen molar-refractivity contribution >= 4 is 41.4 Å². The quantitative estimate of drug-likeness (QED) is 0.152. The number of hydrogen-bond acceptors (Lipinski definition) is 8. The monoisotopic (exact) mass is 659 g/mol. The first-order valence-corrected chi connectivity index (χ1v) is 16.7. The Morgan fingerprint density at radius 2 is 1.45 bits per heavy atom. The predicted molar refractivity (Wildman–Crippen MR) is 179 cm³/mol. The molecule has 0 aliphatic carbocycles. The summed E-state index contributed by atoms with van der Waals surface area (Å²) >= 11 is 1.45. The van der Waals surface area contributed by atoms with Gasteiger partial charge in [0.05, 0.1) is 6.10 Å². The summed E-state index contributed by atoms with van der Waals surface area (Å²) in [6, 6.07) is 26.6. The van der Waals surface area contributed by atoms with Crippen LogP contribution in [0.15, 0.2) is 91.0 Å². The van der Waals surface area contributed by atoms with Crippen molar-refractivity contribution in [1.82, 2.24) is 15.1 Å². The molecule has 0 spiro atoms. The van der Waals surface area contributed by atoms with E-state index in [9.17, 15) is 24.0 Å². The Kier molecular flexibility index (Phi) is 12.6. The minimum absolute atomic E-state index is 0.0259. The molecule has 1 aliphatic rings. The summed E-state index contributed by atoms with van der Waals surface area (Å²) in [6.45, 7) is 6.90. The second kappa shape index (κ2) is 16.8. The molecule has 0 saturated carbocycles. The maximum absolute atomic E-state index is 14.3. The molecule has 1 N–H and O–H groups in total. The number of amides is 3. The molecule has 1 heterocycles. The van der Waals surface area contributed by atoms with Crippen molar-refractivity contribution in [3.8, 4) is 0 Å². The number of nitrogens with one attached hydrogen (secondary N) is 1. The molecule has 3 amide bonds. The number of ketones is 1. The molecule has 0 radical (unpaired) electrons. The number of carbonyl (C=O) groups excluding carboxylic acids is 5. The highest BCUT2D eigenvalue weighted by atomic mass is 32.2. The third-order valence-corrected chi connectivity index (χ3v) is 9.04. The molecule has 1 fully saturated rings. The number of rotatable bonds is 13. The van der Waals surface area contributed by atoms with Gasteiger partial charge in [-0.15, -0.1) is 11.8 Å².